The van der Waals surface area contributed by atoms with Crippen LogP contribution in [-0.2, 0) is 13.6 Å². The lowest BCUT2D eigenvalue weighted by molar-refractivity contribution is 0.187. The monoisotopic (exact) mass is 307 g/mol. The molecule has 0 bridgehead atoms. The van der Waals surface area contributed by atoms with Crippen LogP contribution in [0.5, 0.6) is 0 Å². The number of aromatic nitrogens is 3. The number of aliphatic imine (C=N–C) groups is 1. The van der Waals surface area contributed by atoms with E-state index in [9.17, 15) is 0 Å². The molecule has 0 aliphatic carbocycles. The zero-order chi connectivity index (χ0) is 15.8. The summed E-state index contributed by atoms with van der Waals surface area (Å²) in [5, 5.41) is 10.7. The second-order valence-electron chi connectivity index (χ2n) is 5.82. The Morgan fingerprint density at radius 2 is 2.14 bits per heavy atom. The van der Waals surface area contributed by atoms with Crippen molar-refractivity contribution in [1.29, 1.82) is 0 Å². The summed E-state index contributed by atoms with van der Waals surface area (Å²) in [5.74, 6) is 2.57. The van der Waals surface area contributed by atoms with Crippen molar-refractivity contribution in [2.45, 2.75) is 32.7 Å². The van der Waals surface area contributed by atoms with Crippen molar-refractivity contribution in [3.63, 3.8) is 0 Å². The highest BCUT2D eigenvalue weighted by Gasteiger charge is 2.17. The molecule has 1 aromatic heterocycles. The first-order chi connectivity index (χ1) is 10.7. The highest BCUT2D eigenvalue weighted by Crippen LogP contribution is 2.19. The van der Waals surface area contributed by atoms with Gasteiger partial charge in [-0.1, -0.05) is 6.92 Å². The average Bonchev–Trinajstić information content (AvgIpc) is 2.96. The van der Waals surface area contributed by atoms with Crippen molar-refractivity contribution in [3.05, 3.63) is 12.2 Å². The summed E-state index contributed by atoms with van der Waals surface area (Å²) < 4.78 is 1.77. The Hall–Kier alpha value is -1.63. The van der Waals surface area contributed by atoms with E-state index in [2.05, 4.69) is 37.5 Å². The largest absolute Gasteiger partial charge is 0.356 e. The number of hydrogen-bond donors (Lipinski definition) is 2. The van der Waals surface area contributed by atoms with Crippen LogP contribution in [0.4, 0.5) is 0 Å². The van der Waals surface area contributed by atoms with E-state index in [0.717, 1.165) is 24.2 Å². The molecule has 0 saturated carbocycles. The lowest BCUT2D eigenvalue weighted by Gasteiger charge is -2.31. The maximum absolute atomic E-state index is 4.25. The lowest BCUT2D eigenvalue weighted by atomic mass is 9.93. The molecule has 2 heterocycles. The second kappa shape index (κ2) is 8.73. The van der Waals surface area contributed by atoms with Crippen LogP contribution in [0.25, 0.3) is 0 Å². The molecule has 0 radical (unpaired) electrons. The molecule has 1 saturated heterocycles. The number of likely N-dealkylation sites (tertiary alicyclic amines) is 1. The van der Waals surface area contributed by atoms with Crippen molar-refractivity contribution in [3.8, 4) is 0 Å². The summed E-state index contributed by atoms with van der Waals surface area (Å²) in [5.41, 5.74) is 0. The zero-order valence-electron chi connectivity index (χ0n) is 14.0. The number of hydrogen-bond acceptors (Lipinski definition) is 4. The van der Waals surface area contributed by atoms with E-state index in [1.54, 1.807) is 18.1 Å². The second-order valence-corrected chi connectivity index (χ2v) is 5.82. The third kappa shape index (κ3) is 4.98. The Labute approximate surface area is 133 Å². The van der Waals surface area contributed by atoms with Gasteiger partial charge in [-0.15, -0.1) is 0 Å². The first kappa shape index (κ1) is 16.7. The molecule has 1 fully saturated rings. The van der Waals surface area contributed by atoms with Gasteiger partial charge in [0, 0.05) is 20.6 Å². The molecule has 22 heavy (non-hydrogen) atoms. The highest BCUT2D eigenvalue weighted by molar-refractivity contribution is 5.79. The van der Waals surface area contributed by atoms with Crippen molar-refractivity contribution in [1.82, 2.24) is 30.3 Å². The molecule has 2 N–H and O–H groups in total. The van der Waals surface area contributed by atoms with Crippen molar-refractivity contribution < 1.29 is 0 Å². The van der Waals surface area contributed by atoms with Gasteiger partial charge in [-0.25, -0.2) is 4.98 Å². The molecule has 1 aliphatic heterocycles. The molecule has 1 aliphatic rings. The third-order valence-electron chi connectivity index (χ3n) is 4.44. The van der Waals surface area contributed by atoms with Crippen LogP contribution in [0.3, 0.4) is 0 Å². The first-order valence-electron chi connectivity index (χ1n) is 8.22. The van der Waals surface area contributed by atoms with Crippen LogP contribution in [0.15, 0.2) is 11.3 Å². The molecule has 7 heteroatoms. The smallest absolute Gasteiger partial charge is 0.191 e. The fourth-order valence-electron chi connectivity index (χ4n) is 2.85. The minimum Gasteiger partial charge on any atom is -0.356 e. The normalized spacial score (nSPS) is 17.7. The quantitative estimate of drug-likeness (QED) is 0.595. The molecule has 1 aromatic rings. The molecular formula is C15H29N7. The van der Waals surface area contributed by atoms with Gasteiger partial charge in [-0.3, -0.25) is 9.67 Å². The zero-order valence-corrected chi connectivity index (χ0v) is 14.0. The van der Waals surface area contributed by atoms with Crippen LogP contribution in [0.1, 0.15) is 32.0 Å². The van der Waals surface area contributed by atoms with E-state index in [1.165, 1.54) is 38.9 Å². The van der Waals surface area contributed by atoms with Gasteiger partial charge in [0.2, 0.25) is 0 Å². The number of rotatable bonds is 6. The Kier molecular flexibility index (Phi) is 6.64. The lowest BCUT2D eigenvalue weighted by Crippen LogP contribution is -2.39. The molecule has 124 valence electrons. The standard InChI is InChI=1S/C15H29N7/c1-4-22-9-6-13(7-10-22)5-8-17-15(16-2)18-11-14-19-12-20-21(14)3/h12-13H,4-11H2,1-3H3,(H2,16,17,18). The topological polar surface area (TPSA) is 70.4 Å². The number of nitrogens with zero attached hydrogens (tertiary/aromatic N) is 5. The molecule has 0 atom stereocenters. The Morgan fingerprint density at radius 3 is 2.73 bits per heavy atom. The summed E-state index contributed by atoms with van der Waals surface area (Å²) in [6.07, 6.45) is 5.42. The van der Waals surface area contributed by atoms with E-state index in [-0.39, 0.29) is 0 Å². The summed E-state index contributed by atoms with van der Waals surface area (Å²) in [4.78, 5) is 11.0. The van der Waals surface area contributed by atoms with Gasteiger partial charge in [-0.2, -0.15) is 5.10 Å². The predicted molar refractivity (Wildman–Crippen MR) is 88.7 cm³/mol. The molecule has 0 aromatic carbocycles. The average molecular weight is 307 g/mol. The molecule has 0 unspecified atom stereocenters. The SMILES string of the molecule is CCN1CCC(CCNC(=NC)NCc2ncnn2C)CC1. The van der Waals surface area contributed by atoms with Gasteiger partial charge in [0.05, 0.1) is 6.54 Å². The van der Waals surface area contributed by atoms with Crippen LogP contribution in [0, 0.1) is 5.92 Å². The molecule has 2 rings (SSSR count). The Bertz CT molecular complexity index is 460. The van der Waals surface area contributed by atoms with Crippen LogP contribution in [0.2, 0.25) is 0 Å². The fraction of sp³-hybridized carbons (Fsp3) is 0.800. The minimum atomic E-state index is 0.630. The Balaban J connectivity index is 1.63. The highest BCUT2D eigenvalue weighted by atomic mass is 15.3. The van der Waals surface area contributed by atoms with Crippen LogP contribution < -0.4 is 10.6 Å². The Morgan fingerprint density at radius 1 is 1.36 bits per heavy atom. The van der Waals surface area contributed by atoms with E-state index in [4.69, 9.17) is 0 Å². The molecule has 7 nitrogen and oxygen atoms in total. The van der Waals surface area contributed by atoms with E-state index in [1.807, 2.05) is 7.05 Å². The molecular weight excluding hydrogens is 278 g/mol. The number of nitrogens with one attached hydrogen (secondary N) is 2. The maximum Gasteiger partial charge on any atom is 0.191 e. The third-order valence-corrected chi connectivity index (χ3v) is 4.44. The number of guanidine groups is 1. The fourth-order valence-corrected chi connectivity index (χ4v) is 2.85. The van der Waals surface area contributed by atoms with Crippen molar-refractivity contribution in [2.24, 2.45) is 18.0 Å². The van der Waals surface area contributed by atoms with Gasteiger partial charge >= 0.3 is 0 Å². The molecule has 0 amide bonds. The maximum atomic E-state index is 4.25. The summed E-state index contributed by atoms with van der Waals surface area (Å²) in [6.45, 7) is 7.53. The van der Waals surface area contributed by atoms with Gasteiger partial charge in [0.1, 0.15) is 12.2 Å². The van der Waals surface area contributed by atoms with Crippen LogP contribution in [-0.4, -0.2) is 58.9 Å². The van der Waals surface area contributed by atoms with Crippen molar-refractivity contribution >= 4 is 5.96 Å². The van der Waals surface area contributed by atoms with Gasteiger partial charge < -0.3 is 15.5 Å². The van der Waals surface area contributed by atoms with E-state index in [0.29, 0.717) is 6.54 Å². The summed E-state index contributed by atoms with van der Waals surface area (Å²) in [6, 6.07) is 0. The number of aryl methyl sites for hydroxylation is 1. The van der Waals surface area contributed by atoms with Gasteiger partial charge in [0.25, 0.3) is 0 Å². The summed E-state index contributed by atoms with van der Waals surface area (Å²) in [7, 11) is 3.69. The van der Waals surface area contributed by atoms with Crippen molar-refractivity contribution in [2.75, 3.05) is 33.2 Å². The van der Waals surface area contributed by atoms with Gasteiger partial charge in [0.15, 0.2) is 5.96 Å². The minimum absolute atomic E-state index is 0.630. The van der Waals surface area contributed by atoms with E-state index >= 15 is 0 Å². The van der Waals surface area contributed by atoms with Gasteiger partial charge in [-0.05, 0) is 44.8 Å². The number of piperidine rings is 1. The first-order valence-corrected chi connectivity index (χ1v) is 8.22. The summed E-state index contributed by atoms with van der Waals surface area (Å²) >= 11 is 0. The molecule has 0 spiro atoms. The predicted octanol–water partition coefficient (Wildman–Crippen LogP) is 0.602. The van der Waals surface area contributed by atoms with Crippen LogP contribution >= 0.6 is 0 Å². The van der Waals surface area contributed by atoms with E-state index < -0.39 is 0 Å².